The highest BCUT2D eigenvalue weighted by Crippen LogP contribution is 2.45. The van der Waals surface area contributed by atoms with E-state index in [2.05, 4.69) is 28.3 Å². The Morgan fingerprint density at radius 3 is 2.75 bits per heavy atom. The summed E-state index contributed by atoms with van der Waals surface area (Å²) in [5.41, 5.74) is 1.30. The van der Waals surface area contributed by atoms with Crippen LogP contribution in [0.5, 0.6) is 0 Å². The number of carbonyl (C=O) groups is 1. The Morgan fingerprint density at radius 2 is 2.08 bits per heavy atom. The van der Waals surface area contributed by atoms with E-state index in [-0.39, 0.29) is 11.3 Å². The van der Waals surface area contributed by atoms with Crippen molar-refractivity contribution in [3.05, 3.63) is 30.1 Å². The van der Waals surface area contributed by atoms with Crippen LogP contribution in [0, 0.1) is 11.3 Å². The fourth-order valence-electron chi connectivity index (χ4n) is 4.51. The van der Waals surface area contributed by atoms with Crippen molar-refractivity contribution in [2.24, 2.45) is 18.4 Å². The molecule has 0 saturated carbocycles. The van der Waals surface area contributed by atoms with Crippen LogP contribution in [0.1, 0.15) is 18.4 Å². The van der Waals surface area contributed by atoms with Crippen LogP contribution in [0.15, 0.2) is 24.5 Å². The summed E-state index contributed by atoms with van der Waals surface area (Å²) in [6.07, 6.45) is 10.2. The molecule has 2 saturated heterocycles. The molecule has 4 rings (SSSR count). The number of amides is 1. The second-order valence-corrected chi connectivity index (χ2v) is 7.43. The molecule has 1 aromatic rings. The summed E-state index contributed by atoms with van der Waals surface area (Å²) in [5, 5.41) is 4.27. The molecule has 1 amide bonds. The molecule has 0 N–H and O–H groups in total. The summed E-state index contributed by atoms with van der Waals surface area (Å²) < 4.78 is 7.44. The van der Waals surface area contributed by atoms with Crippen molar-refractivity contribution in [3.63, 3.8) is 0 Å². The van der Waals surface area contributed by atoms with E-state index in [1.54, 1.807) is 0 Å². The quantitative estimate of drug-likeness (QED) is 0.778. The lowest BCUT2D eigenvalue weighted by Crippen LogP contribution is -2.45. The molecule has 1 atom stereocenters. The average Bonchev–Trinajstić information content (AvgIpc) is 3.30. The summed E-state index contributed by atoms with van der Waals surface area (Å²) in [6, 6.07) is 0. The van der Waals surface area contributed by atoms with E-state index >= 15 is 0 Å². The Hall–Kier alpha value is -1.66. The highest BCUT2D eigenvalue weighted by atomic mass is 16.5. The molecule has 3 aliphatic rings. The Bertz CT molecular complexity index is 625. The Morgan fingerprint density at radius 1 is 1.33 bits per heavy atom. The van der Waals surface area contributed by atoms with Gasteiger partial charge >= 0.3 is 0 Å². The van der Waals surface area contributed by atoms with Gasteiger partial charge in [-0.15, -0.1) is 0 Å². The fourth-order valence-corrected chi connectivity index (χ4v) is 4.51. The third-order valence-electron chi connectivity index (χ3n) is 5.80. The van der Waals surface area contributed by atoms with E-state index in [0.29, 0.717) is 5.91 Å². The highest BCUT2D eigenvalue weighted by molar-refractivity contribution is 5.81. The van der Waals surface area contributed by atoms with Gasteiger partial charge in [0.15, 0.2) is 0 Å². The minimum absolute atomic E-state index is 0.0835. The largest absolute Gasteiger partial charge is 0.381 e. The summed E-state index contributed by atoms with van der Waals surface area (Å²) in [5.74, 6) is 0.425. The second-order valence-electron chi connectivity index (χ2n) is 7.43. The van der Waals surface area contributed by atoms with Crippen molar-refractivity contribution >= 4 is 5.91 Å². The van der Waals surface area contributed by atoms with Gasteiger partial charge in [0.05, 0.1) is 12.1 Å². The normalized spacial score (nSPS) is 26.5. The standard InChI is InChI=1S/C18H26N4O2/c1-20-11-15(10-19-20)12-21-13-16(17(23)22-6-2-3-7-22)18(14-21)4-8-24-9-5-18/h2-3,10-11,16H,4-9,12-14H2,1H3/t16-/m1/s1. The van der Waals surface area contributed by atoms with Gasteiger partial charge < -0.3 is 9.64 Å². The lowest BCUT2D eigenvalue weighted by molar-refractivity contribution is -0.139. The monoisotopic (exact) mass is 330 g/mol. The number of aromatic nitrogens is 2. The molecule has 1 aromatic heterocycles. The van der Waals surface area contributed by atoms with Crippen molar-refractivity contribution in [3.8, 4) is 0 Å². The van der Waals surface area contributed by atoms with E-state index in [4.69, 9.17) is 4.74 Å². The molecule has 130 valence electrons. The smallest absolute Gasteiger partial charge is 0.228 e. The van der Waals surface area contributed by atoms with Crippen molar-refractivity contribution in [1.29, 1.82) is 0 Å². The first-order valence-electron chi connectivity index (χ1n) is 8.88. The molecule has 0 bridgehead atoms. The third-order valence-corrected chi connectivity index (χ3v) is 5.80. The van der Waals surface area contributed by atoms with Gasteiger partial charge in [0.1, 0.15) is 0 Å². The molecule has 4 heterocycles. The molecule has 6 heteroatoms. The van der Waals surface area contributed by atoms with Crippen molar-refractivity contribution in [2.45, 2.75) is 19.4 Å². The van der Waals surface area contributed by atoms with Gasteiger partial charge in [-0.1, -0.05) is 12.2 Å². The Labute approximate surface area is 143 Å². The number of hydrogen-bond acceptors (Lipinski definition) is 4. The predicted octanol–water partition coefficient (Wildman–Crippen LogP) is 1.05. The first-order chi connectivity index (χ1) is 11.7. The van der Waals surface area contributed by atoms with Crippen LogP contribution in [0.3, 0.4) is 0 Å². The lowest BCUT2D eigenvalue weighted by Gasteiger charge is -2.38. The van der Waals surface area contributed by atoms with E-state index in [9.17, 15) is 4.79 Å². The summed E-state index contributed by atoms with van der Waals surface area (Å²) in [7, 11) is 1.94. The number of hydrogen-bond donors (Lipinski definition) is 0. The number of rotatable bonds is 3. The van der Waals surface area contributed by atoms with E-state index in [1.807, 2.05) is 22.8 Å². The Balaban J connectivity index is 1.52. The van der Waals surface area contributed by atoms with E-state index in [0.717, 1.165) is 58.8 Å². The molecule has 0 radical (unpaired) electrons. The molecule has 24 heavy (non-hydrogen) atoms. The zero-order valence-corrected chi connectivity index (χ0v) is 14.4. The topological polar surface area (TPSA) is 50.6 Å². The zero-order valence-electron chi connectivity index (χ0n) is 14.4. The molecule has 3 aliphatic heterocycles. The van der Waals surface area contributed by atoms with Crippen molar-refractivity contribution < 1.29 is 9.53 Å². The molecular weight excluding hydrogens is 304 g/mol. The lowest BCUT2D eigenvalue weighted by atomic mass is 9.71. The van der Waals surface area contributed by atoms with Crippen LogP contribution in [0.4, 0.5) is 0 Å². The number of carbonyl (C=O) groups excluding carboxylic acids is 1. The maximum Gasteiger partial charge on any atom is 0.228 e. The number of aryl methyl sites for hydroxylation is 1. The summed E-state index contributed by atoms with van der Waals surface area (Å²) in [6.45, 7) is 5.81. The molecule has 0 unspecified atom stereocenters. The molecule has 1 spiro atoms. The summed E-state index contributed by atoms with van der Waals surface area (Å²) >= 11 is 0. The molecule has 0 aromatic carbocycles. The first kappa shape index (κ1) is 15.8. The maximum atomic E-state index is 13.1. The van der Waals surface area contributed by atoms with Gasteiger partial charge in [0.25, 0.3) is 0 Å². The minimum atomic E-state index is 0.0835. The number of ether oxygens (including phenoxy) is 1. The molecule has 0 aliphatic carbocycles. The molecule has 6 nitrogen and oxygen atoms in total. The zero-order chi connectivity index (χ0) is 16.6. The van der Waals surface area contributed by atoms with Gasteiger partial charge in [-0.25, -0.2) is 0 Å². The van der Waals surface area contributed by atoms with Crippen LogP contribution >= 0.6 is 0 Å². The molecular formula is C18H26N4O2. The minimum Gasteiger partial charge on any atom is -0.381 e. The van der Waals surface area contributed by atoms with Crippen LogP contribution in [-0.2, 0) is 23.1 Å². The van der Waals surface area contributed by atoms with Crippen LogP contribution in [-0.4, -0.2) is 64.9 Å². The second kappa shape index (κ2) is 6.33. The van der Waals surface area contributed by atoms with Gasteiger partial charge in [-0.3, -0.25) is 14.4 Å². The Kier molecular flexibility index (Phi) is 4.18. The third kappa shape index (κ3) is 2.89. The maximum absolute atomic E-state index is 13.1. The van der Waals surface area contributed by atoms with Gasteiger partial charge in [0.2, 0.25) is 5.91 Å². The van der Waals surface area contributed by atoms with Crippen LogP contribution < -0.4 is 0 Å². The van der Waals surface area contributed by atoms with Crippen molar-refractivity contribution in [2.75, 3.05) is 39.4 Å². The van der Waals surface area contributed by atoms with Gasteiger partial charge in [0, 0.05) is 70.2 Å². The number of likely N-dealkylation sites (tertiary alicyclic amines) is 1. The van der Waals surface area contributed by atoms with E-state index in [1.165, 1.54) is 5.56 Å². The average molecular weight is 330 g/mol. The first-order valence-corrected chi connectivity index (χ1v) is 8.88. The number of nitrogens with zero attached hydrogens (tertiary/aromatic N) is 4. The highest BCUT2D eigenvalue weighted by Gasteiger charge is 2.51. The van der Waals surface area contributed by atoms with Crippen molar-refractivity contribution in [1.82, 2.24) is 19.6 Å². The fraction of sp³-hybridized carbons (Fsp3) is 0.667. The SMILES string of the molecule is Cn1cc(CN2C[C@H](C(=O)N3CC=CC3)C3(CCOCC3)C2)cn1. The van der Waals surface area contributed by atoms with Gasteiger partial charge in [-0.05, 0) is 12.8 Å². The predicted molar refractivity (Wildman–Crippen MR) is 90.2 cm³/mol. The van der Waals surface area contributed by atoms with Crippen LogP contribution in [0.25, 0.3) is 0 Å². The summed E-state index contributed by atoms with van der Waals surface area (Å²) in [4.78, 5) is 17.6. The van der Waals surface area contributed by atoms with Gasteiger partial charge in [-0.2, -0.15) is 5.10 Å². The van der Waals surface area contributed by atoms with E-state index < -0.39 is 0 Å². The van der Waals surface area contributed by atoms with Crippen LogP contribution in [0.2, 0.25) is 0 Å². The molecule has 2 fully saturated rings.